The second-order valence-electron chi connectivity index (χ2n) is 4.77. The number of fused-ring (bicyclic) bond motifs is 1. The van der Waals surface area contributed by atoms with Gasteiger partial charge in [0.2, 0.25) is 0 Å². The molecule has 1 aliphatic rings. The molecule has 4 nitrogen and oxygen atoms in total. The maximum Gasteiger partial charge on any atom is 0.162 e. The van der Waals surface area contributed by atoms with E-state index < -0.39 is 0 Å². The molecule has 3 rings (SSSR count). The number of ether oxygens (including phenoxy) is 3. The highest BCUT2D eigenvalue weighted by Crippen LogP contribution is 2.39. The Balaban J connectivity index is 1.98. The maximum absolute atomic E-state index is 6.39. The monoisotopic (exact) mass is 349 g/mol. The molecule has 0 amide bonds. The molecule has 1 aliphatic heterocycles. The van der Waals surface area contributed by atoms with Gasteiger partial charge >= 0.3 is 0 Å². The zero-order valence-electron chi connectivity index (χ0n) is 11.6. The summed E-state index contributed by atoms with van der Waals surface area (Å²) < 4.78 is 17.3. The van der Waals surface area contributed by atoms with Crippen LogP contribution in [0.3, 0.4) is 0 Å². The molecule has 0 aromatic heterocycles. The quantitative estimate of drug-likeness (QED) is 0.923. The van der Waals surface area contributed by atoms with Crippen molar-refractivity contribution in [1.29, 1.82) is 0 Å². The lowest BCUT2D eigenvalue weighted by Gasteiger charge is -2.22. The third-order valence-electron chi connectivity index (χ3n) is 3.45. The summed E-state index contributed by atoms with van der Waals surface area (Å²) in [4.78, 5) is 0. The van der Waals surface area contributed by atoms with Crippen molar-refractivity contribution < 1.29 is 14.2 Å². The smallest absolute Gasteiger partial charge is 0.162 e. The summed E-state index contributed by atoms with van der Waals surface area (Å²) in [6.45, 7) is 1.13. The number of halogens is 1. The Morgan fingerprint density at radius 1 is 1.14 bits per heavy atom. The summed E-state index contributed by atoms with van der Waals surface area (Å²) >= 11 is 3.56. The van der Waals surface area contributed by atoms with Crippen LogP contribution < -0.4 is 19.9 Å². The Morgan fingerprint density at radius 2 is 1.86 bits per heavy atom. The molecule has 110 valence electrons. The number of hydrogen-bond donors (Lipinski definition) is 1. The van der Waals surface area contributed by atoms with Crippen LogP contribution in [0.15, 0.2) is 40.9 Å². The molecule has 0 bridgehead atoms. The van der Waals surface area contributed by atoms with Gasteiger partial charge in [-0.3, -0.25) is 0 Å². The van der Waals surface area contributed by atoms with Gasteiger partial charge in [-0.15, -0.1) is 0 Å². The topological polar surface area (TPSA) is 53.7 Å². The van der Waals surface area contributed by atoms with Crippen LogP contribution >= 0.6 is 15.9 Å². The molecule has 5 heteroatoms. The lowest BCUT2D eigenvalue weighted by atomic mass is 9.99. The first-order chi connectivity index (χ1) is 10.2. The van der Waals surface area contributed by atoms with E-state index in [0.29, 0.717) is 13.2 Å². The second kappa shape index (κ2) is 5.95. The van der Waals surface area contributed by atoms with Crippen LogP contribution in [-0.4, -0.2) is 20.3 Å². The van der Waals surface area contributed by atoms with E-state index in [1.54, 1.807) is 7.11 Å². The van der Waals surface area contributed by atoms with Gasteiger partial charge in [0.1, 0.15) is 19.0 Å². The maximum atomic E-state index is 6.39. The second-order valence-corrected chi connectivity index (χ2v) is 5.63. The average molecular weight is 350 g/mol. The number of methoxy groups -OCH3 is 1. The normalized spacial score (nSPS) is 14.6. The van der Waals surface area contributed by atoms with E-state index in [0.717, 1.165) is 32.8 Å². The van der Waals surface area contributed by atoms with Crippen LogP contribution in [-0.2, 0) is 0 Å². The molecule has 0 spiro atoms. The standard InChI is InChI=1S/C16H16BrNO3/c1-19-11-4-2-3-10(7-11)16(18)12-8-14-15(9-13(12)17)21-6-5-20-14/h2-4,7-9,16H,5-6,18H2,1H3. The van der Waals surface area contributed by atoms with Gasteiger partial charge in [-0.1, -0.05) is 28.1 Å². The molecule has 1 unspecified atom stereocenters. The van der Waals surface area contributed by atoms with Crippen molar-refractivity contribution in [3.63, 3.8) is 0 Å². The van der Waals surface area contributed by atoms with Crippen molar-refractivity contribution in [2.45, 2.75) is 6.04 Å². The molecule has 0 saturated carbocycles. The van der Waals surface area contributed by atoms with Crippen LogP contribution in [0.1, 0.15) is 17.2 Å². The fraction of sp³-hybridized carbons (Fsp3) is 0.250. The fourth-order valence-electron chi connectivity index (χ4n) is 2.33. The van der Waals surface area contributed by atoms with Gasteiger partial charge in [0.05, 0.1) is 13.2 Å². The predicted molar refractivity (Wildman–Crippen MR) is 84.2 cm³/mol. The minimum Gasteiger partial charge on any atom is -0.497 e. The van der Waals surface area contributed by atoms with Crippen LogP contribution in [0, 0.1) is 0 Å². The van der Waals surface area contributed by atoms with Crippen molar-refractivity contribution >= 4 is 15.9 Å². The molecule has 0 fully saturated rings. The predicted octanol–water partition coefficient (Wildman–Crippen LogP) is 3.28. The summed E-state index contributed by atoms with van der Waals surface area (Å²) in [5.74, 6) is 2.27. The molecule has 21 heavy (non-hydrogen) atoms. The van der Waals surface area contributed by atoms with E-state index in [2.05, 4.69) is 15.9 Å². The molecular weight excluding hydrogens is 334 g/mol. The molecule has 2 aromatic carbocycles. The summed E-state index contributed by atoms with van der Waals surface area (Å²) in [6.07, 6.45) is 0. The molecule has 0 saturated heterocycles. The Morgan fingerprint density at radius 3 is 2.57 bits per heavy atom. The Labute approximate surface area is 131 Å². The van der Waals surface area contributed by atoms with Crippen LogP contribution in [0.4, 0.5) is 0 Å². The third kappa shape index (κ3) is 2.84. The number of hydrogen-bond acceptors (Lipinski definition) is 4. The molecule has 2 aromatic rings. The van der Waals surface area contributed by atoms with Gasteiger partial charge in [-0.05, 0) is 35.4 Å². The molecular formula is C16H16BrNO3. The van der Waals surface area contributed by atoms with Gasteiger partial charge in [0.25, 0.3) is 0 Å². The number of rotatable bonds is 3. The summed E-state index contributed by atoms with van der Waals surface area (Å²) in [7, 11) is 1.64. The average Bonchev–Trinajstić information content (AvgIpc) is 2.53. The number of benzene rings is 2. The van der Waals surface area contributed by atoms with Crippen molar-refractivity contribution in [3.8, 4) is 17.2 Å². The largest absolute Gasteiger partial charge is 0.497 e. The molecule has 2 N–H and O–H groups in total. The molecule has 1 heterocycles. The van der Waals surface area contributed by atoms with Gasteiger partial charge < -0.3 is 19.9 Å². The zero-order chi connectivity index (χ0) is 14.8. The van der Waals surface area contributed by atoms with Crippen molar-refractivity contribution in [2.75, 3.05) is 20.3 Å². The highest BCUT2D eigenvalue weighted by molar-refractivity contribution is 9.10. The molecule has 1 atom stereocenters. The van der Waals surface area contributed by atoms with Crippen LogP contribution in [0.5, 0.6) is 17.2 Å². The van der Waals surface area contributed by atoms with E-state index in [1.807, 2.05) is 36.4 Å². The van der Waals surface area contributed by atoms with Gasteiger partial charge in [0.15, 0.2) is 11.5 Å². The molecule has 0 radical (unpaired) electrons. The zero-order valence-corrected chi connectivity index (χ0v) is 13.2. The van der Waals surface area contributed by atoms with E-state index in [1.165, 1.54) is 0 Å². The van der Waals surface area contributed by atoms with E-state index >= 15 is 0 Å². The van der Waals surface area contributed by atoms with Gasteiger partial charge in [-0.25, -0.2) is 0 Å². The molecule has 0 aliphatic carbocycles. The van der Waals surface area contributed by atoms with Crippen molar-refractivity contribution in [2.24, 2.45) is 5.73 Å². The Hall–Kier alpha value is -1.72. The Kier molecular flexibility index (Phi) is 4.03. The SMILES string of the molecule is COc1cccc(C(N)c2cc3c(cc2Br)OCCO3)c1. The highest BCUT2D eigenvalue weighted by Gasteiger charge is 2.19. The van der Waals surface area contributed by atoms with Gasteiger partial charge in [-0.2, -0.15) is 0 Å². The Bertz CT molecular complexity index is 660. The number of nitrogens with two attached hydrogens (primary N) is 1. The lowest BCUT2D eigenvalue weighted by Crippen LogP contribution is -2.17. The van der Waals surface area contributed by atoms with Gasteiger partial charge in [0, 0.05) is 4.47 Å². The van der Waals surface area contributed by atoms with E-state index in [9.17, 15) is 0 Å². The lowest BCUT2D eigenvalue weighted by molar-refractivity contribution is 0.171. The minimum atomic E-state index is -0.273. The van der Waals surface area contributed by atoms with Crippen LogP contribution in [0.25, 0.3) is 0 Å². The summed E-state index contributed by atoms with van der Waals surface area (Å²) in [6, 6.07) is 11.3. The summed E-state index contributed by atoms with van der Waals surface area (Å²) in [5.41, 5.74) is 8.32. The minimum absolute atomic E-state index is 0.273. The fourth-order valence-corrected chi connectivity index (χ4v) is 2.90. The van der Waals surface area contributed by atoms with Crippen molar-refractivity contribution in [3.05, 3.63) is 52.0 Å². The first kappa shape index (κ1) is 14.2. The van der Waals surface area contributed by atoms with Crippen molar-refractivity contribution in [1.82, 2.24) is 0 Å². The van der Waals surface area contributed by atoms with E-state index in [4.69, 9.17) is 19.9 Å². The third-order valence-corrected chi connectivity index (χ3v) is 4.14. The van der Waals surface area contributed by atoms with Crippen LogP contribution in [0.2, 0.25) is 0 Å². The highest BCUT2D eigenvalue weighted by atomic mass is 79.9. The summed E-state index contributed by atoms with van der Waals surface area (Å²) in [5, 5.41) is 0. The first-order valence-corrected chi connectivity index (χ1v) is 7.47. The van der Waals surface area contributed by atoms with E-state index in [-0.39, 0.29) is 6.04 Å². The first-order valence-electron chi connectivity index (χ1n) is 6.67.